The number of non-ortho nitro benzene ring substituents is 1. The molecular formula is C15H13NO6. The highest BCUT2D eigenvalue weighted by Gasteiger charge is 2.22. The number of nitrogens with zero attached hydrogens (tertiary/aromatic N) is 1. The number of nitro benzene ring substituents is 1. The number of carboxylic acids is 1. The second-order valence-corrected chi connectivity index (χ2v) is 4.36. The summed E-state index contributed by atoms with van der Waals surface area (Å²) >= 11 is 0. The zero-order chi connectivity index (χ0) is 16.1. The Kier molecular flexibility index (Phi) is 4.57. The van der Waals surface area contributed by atoms with Crippen molar-refractivity contribution in [2.24, 2.45) is 0 Å². The van der Waals surface area contributed by atoms with E-state index in [0.717, 1.165) is 0 Å². The molecule has 114 valence electrons. The van der Waals surface area contributed by atoms with Crippen molar-refractivity contribution in [2.75, 3.05) is 7.11 Å². The minimum absolute atomic E-state index is 0.0938. The standard InChI is InChI=1S/C15H13NO6/c1-21-12-6-2-10(3-7-12)14(15(17)18)22-13-8-4-11(5-9-13)16(19)20/h2-9,14H,1H3,(H,17,18). The average Bonchev–Trinajstić information content (AvgIpc) is 2.53. The van der Waals surface area contributed by atoms with E-state index in [-0.39, 0.29) is 11.4 Å². The third-order valence-corrected chi connectivity index (χ3v) is 2.94. The van der Waals surface area contributed by atoms with Crippen molar-refractivity contribution in [1.29, 1.82) is 0 Å². The van der Waals surface area contributed by atoms with Crippen LogP contribution >= 0.6 is 0 Å². The van der Waals surface area contributed by atoms with Crippen LogP contribution in [-0.2, 0) is 4.79 Å². The van der Waals surface area contributed by atoms with Gasteiger partial charge in [0.2, 0.25) is 6.10 Å². The number of benzene rings is 2. The van der Waals surface area contributed by atoms with E-state index in [1.54, 1.807) is 24.3 Å². The van der Waals surface area contributed by atoms with Gasteiger partial charge in [-0.25, -0.2) is 4.79 Å². The summed E-state index contributed by atoms with van der Waals surface area (Å²) < 4.78 is 10.4. The largest absolute Gasteiger partial charge is 0.497 e. The molecular weight excluding hydrogens is 290 g/mol. The zero-order valence-corrected chi connectivity index (χ0v) is 11.6. The summed E-state index contributed by atoms with van der Waals surface area (Å²) in [5.41, 5.74) is 0.343. The average molecular weight is 303 g/mol. The van der Waals surface area contributed by atoms with Gasteiger partial charge in [0, 0.05) is 17.7 Å². The van der Waals surface area contributed by atoms with Gasteiger partial charge in [-0.2, -0.15) is 0 Å². The van der Waals surface area contributed by atoms with Crippen LogP contribution in [0.3, 0.4) is 0 Å². The first kappa shape index (κ1) is 15.3. The lowest BCUT2D eigenvalue weighted by Crippen LogP contribution is -2.18. The van der Waals surface area contributed by atoms with E-state index >= 15 is 0 Å². The molecule has 1 unspecified atom stereocenters. The molecule has 0 amide bonds. The van der Waals surface area contributed by atoms with E-state index in [0.29, 0.717) is 11.3 Å². The lowest BCUT2D eigenvalue weighted by Gasteiger charge is -2.15. The molecule has 0 bridgehead atoms. The molecule has 0 saturated carbocycles. The van der Waals surface area contributed by atoms with Crippen molar-refractivity contribution in [3.05, 3.63) is 64.2 Å². The van der Waals surface area contributed by atoms with Gasteiger partial charge >= 0.3 is 5.97 Å². The van der Waals surface area contributed by atoms with Gasteiger partial charge in [-0.1, -0.05) is 12.1 Å². The molecule has 0 saturated heterocycles. The molecule has 7 heteroatoms. The Morgan fingerprint density at radius 3 is 2.09 bits per heavy atom. The number of aliphatic carboxylic acids is 1. The number of rotatable bonds is 6. The van der Waals surface area contributed by atoms with Gasteiger partial charge < -0.3 is 14.6 Å². The maximum atomic E-state index is 11.4. The molecule has 1 N–H and O–H groups in total. The van der Waals surface area contributed by atoms with Crippen molar-refractivity contribution in [3.63, 3.8) is 0 Å². The summed E-state index contributed by atoms with van der Waals surface area (Å²) in [4.78, 5) is 21.4. The highest BCUT2D eigenvalue weighted by Crippen LogP contribution is 2.25. The van der Waals surface area contributed by atoms with Crippen LogP contribution in [-0.4, -0.2) is 23.1 Å². The number of ether oxygens (including phenoxy) is 2. The second-order valence-electron chi connectivity index (χ2n) is 4.36. The van der Waals surface area contributed by atoms with Gasteiger partial charge in [-0.05, 0) is 24.3 Å². The Morgan fingerprint density at radius 2 is 1.64 bits per heavy atom. The van der Waals surface area contributed by atoms with Crippen LogP contribution < -0.4 is 9.47 Å². The summed E-state index contributed by atoms with van der Waals surface area (Å²) in [6, 6.07) is 11.7. The number of carbonyl (C=O) groups is 1. The van der Waals surface area contributed by atoms with Crippen LogP contribution in [0.15, 0.2) is 48.5 Å². The molecule has 0 spiro atoms. The SMILES string of the molecule is COc1ccc(C(Oc2ccc([N+](=O)[O-])cc2)C(=O)O)cc1. The van der Waals surface area contributed by atoms with Gasteiger partial charge in [0.05, 0.1) is 12.0 Å². The van der Waals surface area contributed by atoms with Crippen molar-refractivity contribution in [3.8, 4) is 11.5 Å². The first-order chi connectivity index (χ1) is 10.5. The minimum Gasteiger partial charge on any atom is -0.497 e. The predicted molar refractivity (Wildman–Crippen MR) is 77.1 cm³/mol. The quantitative estimate of drug-likeness (QED) is 0.650. The van der Waals surface area contributed by atoms with E-state index in [9.17, 15) is 20.0 Å². The molecule has 1 atom stereocenters. The topological polar surface area (TPSA) is 98.9 Å². The van der Waals surface area contributed by atoms with Crippen molar-refractivity contribution >= 4 is 11.7 Å². The van der Waals surface area contributed by atoms with Crippen LogP contribution in [0.2, 0.25) is 0 Å². The van der Waals surface area contributed by atoms with Gasteiger partial charge in [0.15, 0.2) is 0 Å². The Bertz CT molecular complexity index is 665. The Morgan fingerprint density at radius 1 is 1.09 bits per heavy atom. The molecule has 0 fully saturated rings. The summed E-state index contributed by atoms with van der Waals surface area (Å²) in [5, 5.41) is 19.9. The minimum atomic E-state index is -1.22. The molecule has 0 heterocycles. The zero-order valence-electron chi connectivity index (χ0n) is 11.6. The number of hydrogen-bond donors (Lipinski definition) is 1. The van der Waals surface area contributed by atoms with E-state index in [2.05, 4.69) is 0 Å². The summed E-state index contributed by atoms with van der Waals surface area (Å²) in [6.07, 6.45) is -1.22. The molecule has 22 heavy (non-hydrogen) atoms. The number of nitro groups is 1. The fourth-order valence-electron chi connectivity index (χ4n) is 1.82. The third kappa shape index (κ3) is 3.51. The maximum Gasteiger partial charge on any atom is 0.349 e. The predicted octanol–water partition coefficient (Wildman–Crippen LogP) is 2.81. The van der Waals surface area contributed by atoms with Gasteiger partial charge in [0.1, 0.15) is 11.5 Å². The molecule has 2 rings (SSSR count). The maximum absolute atomic E-state index is 11.4. The fraction of sp³-hybridized carbons (Fsp3) is 0.133. The Labute approximate surface area is 125 Å². The first-order valence-electron chi connectivity index (χ1n) is 6.29. The summed E-state index contributed by atoms with van der Waals surface area (Å²) in [6.45, 7) is 0. The smallest absolute Gasteiger partial charge is 0.349 e. The van der Waals surface area contributed by atoms with Gasteiger partial charge in [-0.15, -0.1) is 0 Å². The van der Waals surface area contributed by atoms with Crippen LogP contribution in [0.5, 0.6) is 11.5 Å². The lowest BCUT2D eigenvalue weighted by molar-refractivity contribution is -0.384. The van der Waals surface area contributed by atoms with Crippen LogP contribution in [0.4, 0.5) is 5.69 Å². The van der Waals surface area contributed by atoms with E-state index in [1.165, 1.54) is 31.4 Å². The van der Waals surface area contributed by atoms with E-state index in [1.807, 2.05) is 0 Å². The molecule has 7 nitrogen and oxygen atoms in total. The highest BCUT2D eigenvalue weighted by molar-refractivity contribution is 5.75. The number of carboxylic acid groups (broad SMARTS) is 1. The van der Waals surface area contributed by atoms with Crippen molar-refractivity contribution < 1.29 is 24.3 Å². The Balaban J connectivity index is 2.21. The van der Waals surface area contributed by atoms with Crippen molar-refractivity contribution in [2.45, 2.75) is 6.10 Å². The van der Waals surface area contributed by atoms with E-state index < -0.39 is 17.0 Å². The molecule has 0 aromatic heterocycles. The molecule has 0 aliphatic carbocycles. The van der Waals surface area contributed by atoms with Crippen LogP contribution in [0, 0.1) is 10.1 Å². The van der Waals surface area contributed by atoms with Crippen LogP contribution in [0.1, 0.15) is 11.7 Å². The van der Waals surface area contributed by atoms with E-state index in [4.69, 9.17) is 9.47 Å². The molecule has 0 aliphatic heterocycles. The second kappa shape index (κ2) is 6.57. The normalized spacial score (nSPS) is 11.5. The van der Waals surface area contributed by atoms with Gasteiger partial charge in [-0.3, -0.25) is 10.1 Å². The molecule has 2 aromatic carbocycles. The van der Waals surface area contributed by atoms with Crippen LogP contribution in [0.25, 0.3) is 0 Å². The Hall–Kier alpha value is -3.09. The molecule has 0 aliphatic rings. The number of methoxy groups -OCH3 is 1. The molecule has 0 radical (unpaired) electrons. The van der Waals surface area contributed by atoms with Crippen molar-refractivity contribution in [1.82, 2.24) is 0 Å². The summed E-state index contributed by atoms with van der Waals surface area (Å²) in [7, 11) is 1.51. The van der Waals surface area contributed by atoms with Gasteiger partial charge in [0.25, 0.3) is 5.69 Å². The summed E-state index contributed by atoms with van der Waals surface area (Å²) in [5.74, 6) is -0.333. The lowest BCUT2D eigenvalue weighted by atomic mass is 10.1. The number of hydrogen-bond acceptors (Lipinski definition) is 5. The monoisotopic (exact) mass is 303 g/mol. The fourth-order valence-corrected chi connectivity index (χ4v) is 1.82. The molecule has 2 aromatic rings. The first-order valence-corrected chi connectivity index (χ1v) is 6.29. The third-order valence-electron chi connectivity index (χ3n) is 2.94. The highest BCUT2D eigenvalue weighted by atomic mass is 16.6.